The maximum Gasteiger partial charge on any atom is 0.339 e. The molecule has 4 heteroatoms. The summed E-state index contributed by atoms with van der Waals surface area (Å²) in [5.41, 5.74) is 1.01. The first-order valence-electron chi connectivity index (χ1n) is 5.41. The van der Waals surface area contributed by atoms with E-state index in [1.807, 2.05) is 6.07 Å². The van der Waals surface area contributed by atoms with Crippen molar-refractivity contribution < 1.29 is 14.6 Å². The lowest BCUT2D eigenvalue weighted by molar-refractivity contribution is 0.0692. The Hall–Kier alpha value is -2.15. The van der Waals surface area contributed by atoms with Crippen LogP contribution in [0.4, 0.5) is 5.69 Å². The molecule has 0 radical (unpaired) electrons. The molecular formula is C13H13NO3. The quantitative estimate of drug-likeness (QED) is 0.803. The normalized spacial score (nSPS) is 13.5. The summed E-state index contributed by atoms with van der Waals surface area (Å²) in [5, 5.41) is 9.07. The lowest BCUT2D eigenvalue weighted by Crippen LogP contribution is -2.34. The number of carboxylic acid groups (broad SMARTS) is 1. The van der Waals surface area contributed by atoms with E-state index in [1.165, 1.54) is 0 Å². The maximum atomic E-state index is 11.1. The minimum Gasteiger partial charge on any atom is -0.489 e. The first-order valence-corrected chi connectivity index (χ1v) is 5.41. The molecule has 0 spiro atoms. The van der Waals surface area contributed by atoms with Crippen molar-refractivity contribution in [2.24, 2.45) is 0 Å². The first-order chi connectivity index (χ1) is 8.24. The second kappa shape index (κ2) is 4.79. The fourth-order valence-electron chi connectivity index (χ4n) is 1.90. The van der Waals surface area contributed by atoms with Crippen molar-refractivity contribution >= 4 is 11.7 Å². The van der Waals surface area contributed by atoms with Crippen molar-refractivity contribution in [3.8, 4) is 18.1 Å². The monoisotopic (exact) mass is 231 g/mol. The number of rotatable bonds is 3. The second-order valence-electron chi connectivity index (χ2n) is 3.75. The van der Waals surface area contributed by atoms with Crippen molar-refractivity contribution in [3.63, 3.8) is 0 Å². The number of terminal acetylenes is 1. The smallest absolute Gasteiger partial charge is 0.339 e. The van der Waals surface area contributed by atoms with E-state index >= 15 is 0 Å². The van der Waals surface area contributed by atoms with Crippen LogP contribution >= 0.6 is 0 Å². The summed E-state index contributed by atoms with van der Waals surface area (Å²) in [4.78, 5) is 13.1. The van der Waals surface area contributed by atoms with E-state index in [4.69, 9.17) is 16.3 Å². The highest BCUT2D eigenvalue weighted by Crippen LogP contribution is 2.34. The standard InChI is InChI=1S/C13H13NO3/c1-2-3-7-14-8-9-17-12-10(13(15)16)5-4-6-11(12)14/h1,4-6H,3,7-9H2,(H,15,16). The van der Waals surface area contributed by atoms with Crippen molar-refractivity contribution in [1.82, 2.24) is 0 Å². The Bertz CT molecular complexity index is 476. The molecule has 4 nitrogen and oxygen atoms in total. The van der Waals surface area contributed by atoms with Gasteiger partial charge >= 0.3 is 5.97 Å². The Balaban J connectivity index is 2.36. The molecule has 1 aliphatic rings. The van der Waals surface area contributed by atoms with Crippen LogP contribution in [-0.2, 0) is 0 Å². The predicted molar refractivity (Wildman–Crippen MR) is 64.6 cm³/mol. The molecule has 0 aromatic heterocycles. The van der Waals surface area contributed by atoms with E-state index in [1.54, 1.807) is 12.1 Å². The van der Waals surface area contributed by atoms with Crippen LogP contribution in [-0.4, -0.2) is 30.8 Å². The van der Waals surface area contributed by atoms with Crippen LogP contribution in [0.1, 0.15) is 16.8 Å². The van der Waals surface area contributed by atoms with Gasteiger partial charge in [0, 0.05) is 13.0 Å². The number of aromatic carboxylic acids is 1. The highest BCUT2D eigenvalue weighted by atomic mass is 16.5. The van der Waals surface area contributed by atoms with Crippen LogP contribution in [0, 0.1) is 12.3 Å². The third-order valence-electron chi connectivity index (χ3n) is 2.70. The SMILES string of the molecule is C#CCCN1CCOc2c(C(=O)O)cccc21. The van der Waals surface area contributed by atoms with Gasteiger partial charge in [-0.05, 0) is 12.1 Å². The van der Waals surface area contributed by atoms with Gasteiger partial charge in [0.2, 0.25) is 0 Å². The number of fused-ring (bicyclic) bond motifs is 1. The summed E-state index contributed by atoms with van der Waals surface area (Å²) in [5.74, 6) is 2.06. The minimum atomic E-state index is -0.972. The van der Waals surface area contributed by atoms with Crippen LogP contribution < -0.4 is 9.64 Å². The molecule has 0 fully saturated rings. The number of hydrogen-bond acceptors (Lipinski definition) is 3. The van der Waals surface area contributed by atoms with Gasteiger partial charge in [-0.25, -0.2) is 4.79 Å². The number of carbonyl (C=O) groups is 1. The Morgan fingerprint density at radius 3 is 3.12 bits per heavy atom. The van der Waals surface area contributed by atoms with E-state index in [0.29, 0.717) is 18.8 Å². The van der Waals surface area contributed by atoms with Crippen LogP contribution in [0.5, 0.6) is 5.75 Å². The highest BCUT2D eigenvalue weighted by Gasteiger charge is 2.22. The molecule has 0 saturated carbocycles. The van der Waals surface area contributed by atoms with Crippen LogP contribution in [0.3, 0.4) is 0 Å². The number of para-hydroxylation sites is 1. The van der Waals surface area contributed by atoms with Crippen molar-refractivity contribution in [2.45, 2.75) is 6.42 Å². The summed E-state index contributed by atoms with van der Waals surface area (Å²) in [6.07, 6.45) is 5.88. The zero-order valence-electron chi connectivity index (χ0n) is 9.35. The van der Waals surface area contributed by atoms with Gasteiger partial charge in [0.1, 0.15) is 12.2 Å². The molecule has 0 bridgehead atoms. The summed E-state index contributed by atoms with van der Waals surface area (Å²) in [6.45, 7) is 1.94. The zero-order chi connectivity index (χ0) is 12.3. The molecule has 17 heavy (non-hydrogen) atoms. The molecule has 1 N–H and O–H groups in total. The number of nitrogens with zero attached hydrogens (tertiary/aromatic N) is 1. The van der Waals surface area contributed by atoms with Gasteiger partial charge in [0.25, 0.3) is 0 Å². The molecule has 1 heterocycles. The summed E-state index contributed by atoms with van der Waals surface area (Å²) in [7, 11) is 0. The zero-order valence-corrected chi connectivity index (χ0v) is 9.35. The number of carboxylic acids is 1. The second-order valence-corrected chi connectivity index (χ2v) is 3.75. The van der Waals surface area contributed by atoms with E-state index in [2.05, 4.69) is 10.8 Å². The molecule has 0 unspecified atom stereocenters. The molecule has 2 rings (SSSR count). The van der Waals surface area contributed by atoms with Gasteiger partial charge < -0.3 is 14.7 Å². The third-order valence-corrected chi connectivity index (χ3v) is 2.70. The van der Waals surface area contributed by atoms with E-state index < -0.39 is 5.97 Å². The number of anilines is 1. The molecule has 0 saturated heterocycles. The van der Waals surface area contributed by atoms with E-state index in [9.17, 15) is 4.79 Å². The number of hydrogen-bond donors (Lipinski definition) is 1. The molecule has 0 atom stereocenters. The average Bonchev–Trinajstić information content (AvgIpc) is 2.35. The predicted octanol–water partition coefficient (Wildman–Crippen LogP) is 1.61. The highest BCUT2D eigenvalue weighted by molar-refractivity contribution is 5.93. The Kier molecular flexibility index (Phi) is 3.20. The summed E-state index contributed by atoms with van der Waals surface area (Å²) >= 11 is 0. The number of benzene rings is 1. The number of ether oxygens (including phenoxy) is 1. The van der Waals surface area contributed by atoms with Gasteiger partial charge in [-0.15, -0.1) is 12.3 Å². The molecular weight excluding hydrogens is 218 g/mol. The Morgan fingerprint density at radius 2 is 2.41 bits per heavy atom. The van der Waals surface area contributed by atoms with Crippen molar-refractivity contribution in [3.05, 3.63) is 23.8 Å². The van der Waals surface area contributed by atoms with Gasteiger partial charge in [0.15, 0.2) is 5.75 Å². The van der Waals surface area contributed by atoms with E-state index in [0.717, 1.165) is 18.8 Å². The fraction of sp³-hybridized carbons (Fsp3) is 0.308. The van der Waals surface area contributed by atoms with Crippen LogP contribution in [0.15, 0.2) is 18.2 Å². The van der Waals surface area contributed by atoms with Crippen molar-refractivity contribution in [2.75, 3.05) is 24.6 Å². The largest absolute Gasteiger partial charge is 0.489 e. The molecule has 88 valence electrons. The maximum absolute atomic E-state index is 11.1. The van der Waals surface area contributed by atoms with Crippen molar-refractivity contribution in [1.29, 1.82) is 0 Å². The van der Waals surface area contributed by atoms with Gasteiger partial charge in [-0.1, -0.05) is 6.07 Å². The molecule has 0 aliphatic carbocycles. The minimum absolute atomic E-state index is 0.202. The molecule has 1 aromatic carbocycles. The first kappa shape index (κ1) is 11.3. The topological polar surface area (TPSA) is 49.8 Å². The van der Waals surface area contributed by atoms with Gasteiger partial charge in [-0.3, -0.25) is 0 Å². The fourth-order valence-corrected chi connectivity index (χ4v) is 1.90. The van der Waals surface area contributed by atoms with Crippen LogP contribution in [0.25, 0.3) is 0 Å². The third kappa shape index (κ3) is 2.18. The Labute approximate surface area is 99.8 Å². The lowest BCUT2D eigenvalue weighted by atomic mass is 10.1. The molecule has 1 aromatic rings. The van der Waals surface area contributed by atoms with Gasteiger partial charge in [-0.2, -0.15) is 0 Å². The average molecular weight is 231 g/mol. The van der Waals surface area contributed by atoms with E-state index in [-0.39, 0.29) is 5.56 Å². The molecule has 0 amide bonds. The molecule has 1 aliphatic heterocycles. The summed E-state index contributed by atoms with van der Waals surface area (Å²) < 4.78 is 5.45. The van der Waals surface area contributed by atoms with Gasteiger partial charge in [0.05, 0.1) is 12.2 Å². The van der Waals surface area contributed by atoms with Crippen LogP contribution in [0.2, 0.25) is 0 Å². The Morgan fingerprint density at radius 1 is 1.59 bits per heavy atom. The lowest BCUT2D eigenvalue weighted by Gasteiger charge is -2.31. The summed E-state index contributed by atoms with van der Waals surface area (Å²) in [6, 6.07) is 5.13.